The van der Waals surface area contributed by atoms with Gasteiger partial charge in [-0.3, -0.25) is 0 Å². The second-order valence-electron chi connectivity index (χ2n) is 13.1. The third kappa shape index (κ3) is 4.54. The third-order valence-electron chi connectivity index (χ3n) is 10.1. The fourth-order valence-electron chi connectivity index (χ4n) is 7.82. The maximum atomic E-state index is 5.29. The van der Waals surface area contributed by atoms with E-state index in [2.05, 4.69) is 150 Å². The average Bonchev–Trinajstić information content (AvgIpc) is 3.87. The number of fused-ring (bicyclic) bond motifs is 9. The van der Waals surface area contributed by atoms with Crippen LogP contribution in [0.1, 0.15) is 22.7 Å². The van der Waals surface area contributed by atoms with Crippen molar-refractivity contribution in [3.8, 4) is 28.5 Å². The fourth-order valence-corrected chi connectivity index (χ4v) is 10.2. The van der Waals surface area contributed by atoms with Gasteiger partial charge >= 0.3 is 0 Å². The number of allylic oxidation sites excluding steroid dienone is 1. The first-order valence-electron chi connectivity index (χ1n) is 17.2. The maximum Gasteiger partial charge on any atom is 0.164 e. The van der Waals surface area contributed by atoms with Crippen molar-refractivity contribution in [1.29, 1.82) is 0 Å². The van der Waals surface area contributed by atoms with Gasteiger partial charge in [-0.15, -0.1) is 22.7 Å². The Morgan fingerprint density at radius 1 is 0.471 bits per heavy atom. The monoisotopic (exact) mass is 688 g/mol. The highest BCUT2D eigenvalue weighted by molar-refractivity contribution is 7.25. The Bertz CT molecular complexity index is 3000. The van der Waals surface area contributed by atoms with Crippen molar-refractivity contribution in [2.24, 2.45) is 0 Å². The van der Waals surface area contributed by atoms with E-state index >= 15 is 0 Å². The molecule has 0 bridgehead atoms. The molecule has 6 heteroatoms. The van der Waals surface area contributed by atoms with E-state index in [1.54, 1.807) is 0 Å². The standard InChI is InChI=1S/C45H28N4S2/c1-5-18-36-30(13-1)31-14-2-6-19-37(31)49(36)29-12-9-11-27(25-29)43-46-44(28-23-24-33-32-15-3-7-20-38(32)51-41(33)26-28)48-45(47-43)35-17-10-22-40-42(35)34-16-4-8-21-39(34)50-40/h1-9,11-21,23-26H,10,22H2. The van der Waals surface area contributed by atoms with Crippen LogP contribution in [0.2, 0.25) is 0 Å². The van der Waals surface area contributed by atoms with E-state index in [0.717, 1.165) is 41.1 Å². The molecule has 11 rings (SSSR count). The molecule has 1 aliphatic carbocycles. The van der Waals surface area contributed by atoms with Gasteiger partial charge in [0.05, 0.1) is 11.0 Å². The zero-order valence-electron chi connectivity index (χ0n) is 27.4. The minimum absolute atomic E-state index is 0.668. The number of aromatic nitrogens is 4. The predicted octanol–water partition coefficient (Wildman–Crippen LogP) is 12.3. The van der Waals surface area contributed by atoms with E-state index in [0.29, 0.717) is 11.6 Å². The summed E-state index contributed by atoms with van der Waals surface area (Å²) in [4.78, 5) is 17.2. The highest BCUT2D eigenvalue weighted by Gasteiger charge is 2.24. The Balaban J connectivity index is 1.13. The van der Waals surface area contributed by atoms with Gasteiger partial charge in [0.2, 0.25) is 0 Å². The Labute approximate surface area is 301 Å². The van der Waals surface area contributed by atoms with Crippen molar-refractivity contribution in [3.05, 3.63) is 162 Å². The largest absolute Gasteiger partial charge is 0.309 e. The van der Waals surface area contributed by atoms with Crippen LogP contribution in [0, 0.1) is 0 Å². The summed E-state index contributed by atoms with van der Waals surface area (Å²) in [6.07, 6.45) is 4.32. The van der Waals surface area contributed by atoms with Gasteiger partial charge < -0.3 is 4.57 Å². The lowest BCUT2D eigenvalue weighted by Crippen LogP contribution is -2.06. The Morgan fingerprint density at radius 3 is 1.84 bits per heavy atom. The molecule has 51 heavy (non-hydrogen) atoms. The number of rotatable bonds is 4. The van der Waals surface area contributed by atoms with E-state index in [1.165, 1.54) is 62.5 Å². The molecule has 0 amide bonds. The third-order valence-corrected chi connectivity index (χ3v) is 12.5. The molecule has 10 aromatic rings. The van der Waals surface area contributed by atoms with E-state index in [1.807, 2.05) is 22.7 Å². The molecule has 0 N–H and O–H groups in total. The topological polar surface area (TPSA) is 43.6 Å². The molecule has 240 valence electrons. The number of benzene rings is 6. The Morgan fingerprint density at radius 2 is 1.08 bits per heavy atom. The Hall–Kier alpha value is -5.95. The van der Waals surface area contributed by atoms with Crippen molar-refractivity contribution in [3.63, 3.8) is 0 Å². The number of nitrogens with zero attached hydrogens (tertiary/aromatic N) is 4. The molecule has 4 aromatic heterocycles. The molecule has 4 nitrogen and oxygen atoms in total. The molecule has 0 saturated heterocycles. The van der Waals surface area contributed by atoms with E-state index in [4.69, 9.17) is 15.0 Å². The molecular formula is C45H28N4S2. The summed E-state index contributed by atoms with van der Waals surface area (Å²) in [5.74, 6) is 2.07. The number of hydrogen-bond donors (Lipinski definition) is 0. The van der Waals surface area contributed by atoms with Gasteiger partial charge in [-0.25, -0.2) is 15.0 Å². The van der Waals surface area contributed by atoms with Crippen molar-refractivity contribution in [2.75, 3.05) is 0 Å². The molecule has 0 radical (unpaired) electrons. The number of para-hydroxylation sites is 2. The first kappa shape index (κ1) is 28.8. The molecule has 0 unspecified atom stereocenters. The summed E-state index contributed by atoms with van der Waals surface area (Å²) in [6.45, 7) is 0. The first-order chi connectivity index (χ1) is 25.3. The molecule has 0 spiro atoms. The molecule has 1 aliphatic rings. The van der Waals surface area contributed by atoms with Crippen molar-refractivity contribution in [1.82, 2.24) is 19.5 Å². The molecule has 4 heterocycles. The van der Waals surface area contributed by atoms with Crippen LogP contribution in [0.25, 0.3) is 86.1 Å². The van der Waals surface area contributed by atoms with Gasteiger partial charge in [-0.05, 0) is 55.3 Å². The van der Waals surface area contributed by atoms with Crippen LogP contribution in [-0.2, 0) is 6.42 Å². The maximum absolute atomic E-state index is 5.29. The van der Waals surface area contributed by atoms with Gasteiger partial charge in [-0.2, -0.15) is 0 Å². The van der Waals surface area contributed by atoms with Crippen molar-refractivity contribution < 1.29 is 0 Å². The van der Waals surface area contributed by atoms with Gasteiger partial charge in [-0.1, -0.05) is 103 Å². The lowest BCUT2D eigenvalue weighted by atomic mass is 9.94. The lowest BCUT2D eigenvalue weighted by Gasteiger charge is -2.16. The summed E-state index contributed by atoms with van der Waals surface area (Å²) in [5.41, 5.74) is 7.73. The number of hydrogen-bond acceptors (Lipinski definition) is 5. The quantitative estimate of drug-likeness (QED) is 0.185. The van der Waals surface area contributed by atoms with Crippen LogP contribution in [0.5, 0.6) is 0 Å². The molecule has 0 atom stereocenters. The summed E-state index contributed by atoms with van der Waals surface area (Å²) >= 11 is 3.71. The van der Waals surface area contributed by atoms with Crippen LogP contribution >= 0.6 is 22.7 Å². The minimum atomic E-state index is 0.668. The SMILES string of the molecule is C1=C(c2nc(-c3cccc(-n4c5ccccc5c5ccccc54)c3)nc(-c3ccc4c(c3)sc3ccccc34)n2)c2c(sc3ccccc23)CC1. The first-order valence-corrected chi connectivity index (χ1v) is 18.9. The van der Waals surface area contributed by atoms with E-state index < -0.39 is 0 Å². The molecule has 6 aromatic carbocycles. The smallest absolute Gasteiger partial charge is 0.164 e. The van der Waals surface area contributed by atoms with Gasteiger partial charge in [0.15, 0.2) is 17.5 Å². The second-order valence-corrected chi connectivity index (χ2v) is 15.3. The normalized spacial score (nSPS) is 13.1. The number of aryl methyl sites for hydroxylation is 1. The number of thiophene rings is 2. The van der Waals surface area contributed by atoms with Crippen LogP contribution in [0.4, 0.5) is 0 Å². The molecule has 0 fully saturated rings. The molecule has 0 saturated carbocycles. The van der Waals surface area contributed by atoms with Gasteiger partial charge in [0, 0.05) is 73.9 Å². The van der Waals surface area contributed by atoms with Crippen LogP contribution < -0.4 is 0 Å². The van der Waals surface area contributed by atoms with Crippen molar-refractivity contribution >= 4 is 80.3 Å². The molecule has 0 aliphatic heterocycles. The summed E-state index contributed by atoms with van der Waals surface area (Å²) in [6, 6.07) is 49.9. The second kappa shape index (κ2) is 11.3. The summed E-state index contributed by atoms with van der Waals surface area (Å²) < 4.78 is 6.17. The average molecular weight is 689 g/mol. The van der Waals surface area contributed by atoms with E-state index in [9.17, 15) is 0 Å². The van der Waals surface area contributed by atoms with Gasteiger partial charge in [0.25, 0.3) is 0 Å². The highest BCUT2D eigenvalue weighted by atomic mass is 32.1. The Kier molecular flexibility index (Phi) is 6.38. The van der Waals surface area contributed by atoms with Crippen LogP contribution in [0.15, 0.2) is 146 Å². The summed E-state index contributed by atoms with van der Waals surface area (Å²) in [7, 11) is 0. The minimum Gasteiger partial charge on any atom is -0.309 e. The van der Waals surface area contributed by atoms with E-state index in [-0.39, 0.29) is 0 Å². The zero-order chi connectivity index (χ0) is 33.5. The highest BCUT2D eigenvalue weighted by Crippen LogP contribution is 2.42. The lowest BCUT2D eigenvalue weighted by molar-refractivity contribution is 0.983. The fraction of sp³-hybridized carbons (Fsp3) is 0.0444. The predicted molar refractivity (Wildman–Crippen MR) is 215 cm³/mol. The van der Waals surface area contributed by atoms with Crippen LogP contribution in [-0.4, -0.2) is 19.5 Å². The molecular weight excluding hydrogens is 661 g/mol. The van der Waals surface area contributed by atoms with Crippen LogP contribution in [0.3, 0.4) is 0 Å². The van der Waals surface area contributed by atoms with Gasteiger partial charge in [0.1, 0.15) is 0 Å². The summed E-state index contributed by atoms with van der Waals surface area (Å²) in [5, 5.41) is 6.29. The van der Waals surface area contributed by atoms with Crippen molar-refractivity contribution in [2.45, 2.75) is 12.8 Å². The zero-order valence-corrected chi connectivity index (χ0v) is 29.0.